The lowest BCUT2D eigenvalue weighted by molar-refractivity contribution is -0.384. The zero-order valence-corrected chi connectivity index (χ0v) is 30.1. The van der Waals surface area contributed by atoms with E-state index in [0.29, 0.717) is 17.9 Å². The number of hydrogen-bond donors (Lipinski definition) is 3. The summed E-state index contributed by atoms with van der Waals surface area (Å²) < 4.78 is 28.3. The van der Waals surface area contributed by atoms with Crippen LogP contribution in [0.15, 0.2) is 125 Å². The van der Waals surface area contributed by atoms with Crippen LogP contribution in [-0.4, -0.2) is 72.7 Å². The van der Waals surface area contributed by atoms with Crippen molar-refractivity contribution in [1.29, 1.82) is 0 Å². The Morgan fingerprint density at radius 1 is 0.906 bits per heavy atom. The van der Waals surface area contributed by atoms with Crippen molar-refractivity contribution in [3.63, 3.8) is 0 Å². The number of nitrogens with zero attached hydrogens (tertiary/aromatic N) is 4. The standard InChI is InChI=1S/C39H36N6O6S2/c46-34-24-29(26-40-27-34)10-11-30-6-4-5-7-32(30)28-43-19-21-44(22-20-43)33-14-12-31(13-15-33)39(47)42-53(50,51)36-16-17-37(38(25-36)45(48)49)41-18-23-52-35-8-2-1-3-9-35/h1-9,12-17,24-27,41,46H,18-23,28H2,(H,42,47). The molecule has 4 aromatic carbocycles. The average molecular weight is 749 g/mol. The molecule has 2 heterocycles. The van der Waals surface area contributed by atoms with Gasteiger partial charge in [0.25, 0.3) is 21.6 Å². The van der Waals surface area contributed by atoms with Crippen LogP contribution in [0.4, 0.5) is 17.1 Å². The fourth-order valence-corrected chi connectivity index (χ4v) is 7.52. The Morgan fingerprint density at radius 3 is 2.38 bits per heavy atom. The number of aromatic hydroxyl groups is 1. The summed E-state index contributed by atoms with van der Waals surface area (Å²) in [5, 5.41) is 24.5. The Balaban J connectivity index is 1.02. The lowest BCUT2D eigenvalue weighted by atomic mass is 10.1. The molecule has 0 atom stereocenters. The van der Waals surface area contributed by atoms with Gasteiger partial charge < -0.3 is 15.3 Å². The van der Waals surface area contributed by atoms with Gasteiger partial charge in [0.15, 0.2) is 0 Å². The van der Waals surface area contributed by atoms with E-state index in [0.717, 1.165) is 60.5 Å². The number of amides is 1. The number of nitro groups is 1. The van der Waals surface area contributed by atoms with Crippen molar-refractivity contribution in [2.75, 3.05) is 48.7 Å². The van der Waals surface area contributed by atoms with Gasteiger partial charge in [-0.25, -0.2) is 13.1 Å². The molecule has 5 aromatic rings. The van der Waals surface area contributed by atoms with Crippen LogP contribution < -0.4 is 14.9 Å². The number of piperazine rings is 1. The number of carbonyl (C=O) groups excluding carboxylic acids is 1. The van der Waals surface area contributed by atoms with Crippen molar-refractivity contribution < 1.29 is 23.2 Å². The summed E-state index contributed by atoms with van der Waals surface area (Å²) in [6.45, 7) is 4.23. The quantitative estimate of drug-likeness (QED) is 0.0470. The molecule has 1 aromatic heterocycles. The molecule has 1 aliphatic rings. The van der Waals surface area contributed by atoms with Gasteiger partial charge in [-0.2, -0.15) is 0 Å². The number of pyridine rings is 1. The minimum absolute atomic E-state index is 0.0688. The van der Waals surface area contributed by atoms with E-state index in [2.05, 4.69) is 38.0 Å². The first-order valence-electron chi connectivity index (χ1n) is 16.7. The van der Waals surface area contributed by atoms with Gasteiger partial charge >= 0.3 is 0 Å². The molecule has 270 valence electrons. The number of benzene rings is 4. The van der Waals surface area contributed by atoms with E-state index in [9.17, 15) is 28.4 Å². The monoisotopic (exact) mass is 748 g/mol. The Hall–Kier alpha value is -5.88. The van der Waals surface area contributed by atoms with Crippen LogP contribution in [0.3, 0.4) is 0 Å². The van der Waals surface area contributed by atoms with Gasteiger partial charge in [-0.05, 0) is 66.2 Å². The van der Waals surface area contributed by atoms with Gasteiger partial charge in [0, 0.05) is 84.6 Å². The van der Waals surface area contributed by atoms with Gasteiger partial charge in [0.2, 0.25) is 0 Å². The number of thioether (sulfide) groups is 1. The van der Waals surface area contributed by atoms with E-state index in [1.54, 1.807) is 48.3 Å². The summed E-state index contributed by atoms with van der Waals surface area (Å²) in [7, 11) is -4.40. The fourth-order valence-electron chi connectivity index (χ4n) is 5.73. The molecular formula is C39H36N6O6S2. The molecule has 0 unspecified atom stereocenters. The first-order chi connectivity index (χ1) is 25.6. The predicted octanol–water partition coefficient (Wildman–Crippen LogP) is 5.74. The van der Waals surface area contributed by atoms with Crippen molar-refractivity contribution in [3.05, 3.63) is 148 Å². The van der Waals surface area contributed by atoms with Crippen LogP contribution >= 0.6 is 11.8 Å². The molecule has 1 aliphatic heterocycles. The van der Waals surface area contributed by atoms with Crippen molar-refractivity contribution in [1.82, 2.24) is 14.6 Å². The Labute approximate surface area is 312 Å². The summed E-state index contributed by atoms with van der Waals surface area (Å²) in [4.78, 5) is 33.4. The number of hydrogen-bond acceptors (Lipinski definition) is 11. The lowest BCUT2D eigenvalue weighted by Crippen LogP contribution is -2.46. The molecule has 3 N–H and O–H groups in total. The normalized spacial score (nSPS) is 13.1. The summed E-state index contributed by atoms with van der Waals surface area (Å²) in [5.41, 5.74) is 3.45. The average Bonchev–Trinajstić information content (AvgIpc) is 3.17. The van der Waals surface area contributed by atoms with Crippen molar-refractivity contribution in [3.8, 4) is 17.6 Å². The third-order valence-corrected chi connectivity index (χ3v) is 10.8. The molecule has 0 radical (unpaired) electrons. The molecule has 14 heteroatoms. The van der Waals surface area contributed by atoms with Crippen LogP contribution in [0, 0.1) is 22.0 Å². The van der Waals surface area contributed by atoms with Gasteiger partial charge in [-0.3, -0.25) is 24.8 Å². The Kier molecular flexibility index (Phi) is 11.9. The SMILES string of the molecule is O=C(NS(=O)(=O)c1ccc(NCCSc2ccccc2)c([N+](=O)[O-])c1)c1ccc(N2CCN(Cc3ccccc3C#Cc3cncc(O)c3)CC2)cc1. The third kappa shape index (κ3) is 9.92. The molecule has 12 nitrogen and oxygen atoms in total. The third-order valence-electron chi connectivity index (χ3n) is 8.48. The molecule has 1 saturated heterocycles. The predicted molar refractivity (Wildman–Crippen MR) is 206 cm³/mol. The number of nitrogens with one attached hydrogen (secondary N) is 2. The smallest absolute Gasteiger partial charge is 0.293 e. The van der Waals surface area contributed by atoms with E-state index < -0.39 is 26.5 Å². The molecule has 53 heavy (non-hydrogen) atoms. The molecule has 1 amide bonds. The highest BCUT2D eigenvalue weighted by atomic mass is 32.2. The second-order valence-electron chi connectivity index (χ2n) is 12.1. The highest BCUT2D eigenvalue weighted by Crippen LogP contribution is 2.28. The van der Waals surface area contributed by atoms with Gasteiger partial charge in [0.05, 0.1) is 16.0 Å². The van der Waals surface area contributed by atoms with E-state index in [1.165, 1.54) is 18.3 Å². The summed E-state index contributed by atoms with van der Waals surface area (Å²) in [6, 6.07) is 29.5. The summed E-state index contributed by atoms with van der Waals surface area (Å²) in [6.07, 6.45) is 2.97. The highest BCUT2D eigenvalue weighted by molar-refractivity contribution is 7.99. The number of sulfonamides is 1. The maximum absolute atomic E-state index is 13.1. The Bertz CT molecular complexity index is 2250. The fraction of sp³-hybridized carbons (Fsp3) is 0.179. The van der Waals surface area contributed by atoms with Crippen LogP contribution in [0.2, 0.25) is 0 Å². The first-order valence-corrected chi connectivity index (χ1v) is 19.2. The maximum Gasteiger partial charge on any atom is 0.293 e. The summed E-state index contributed by atoms with van der Waals surface area (Å²) in [5.74, 6) is 6.14. The molecule has 6 rings (SSSR count). The minimum Gasteiger partial charge on any atom is -0.506 e. The molecule has 1 fully saturated rings. The number of rotatable bonds is 12. The lowest BCUT2D eigenvalue weighted by Gasteiger charge is -2.36. The zero-order valence-electron chi connectivity index (χ0n) is 28.5. The van der Waals surface area contributed by atoms with Crippen LogP contribution in [0.5, 0.6) is 5.75 Å². The topological polar surface area (TPSA) is 158 Å². The number of aromatic nitrogens is 1. The van der Waals surface area contributed by atoms with E-state index in [1.807, 2.05) is 53.3 Å². The number of carbonyl (C=O) groups is 1. The second kappa shape index (κ2) is 17.1. The molecule has 0 spiro atoms. The van der Waals surface area contributed by atoms with Gasteiger partial charge in [-0.15, -0.1) is 11.8 Å². The van der Waals surface area contributed by atoms with Crippen LogP contribution in [-0.2, 0) is 16.6 Å². The summed E-state index contributed by atoms with van der Waals surface area (Å²) >= 11 is 1.59. The molecule has 0 saturated carbocycles. The van der Waals surface area contributed by atoms with Crippen LogP contribution in [0.25, 0.3) is 0 Å². The van der Waals surface area contributed by atoms with Gasteiger partial charge in [0.1, 0.15) is 11.4 Å². The second-order valence-corrected chi connectivity index (χ2v) is 15.0. The van der Waals surface area contributed by atoms with Crippen molar-refractivity contribution in [2.45, 2.75) is 16.3 Å². The highest BCUT2D eigenvalue weighted by Gasteiger charge is 2.24. The first kappa shape index (κ1) is 36.9. The van der Waals surface area contributed by atoms with Crippen molar-refractivity contribution >= 4 is 44.8 Å². The Morgan fingerprint density at radius 2 is 1.64 bits per heavy atom. The van der Waals surface area contributed by atoms with E-state index >= 15 is 0 Å². The molecular weight excluding hydrogens is 713 g/mol. The number of anilines is 2. The molecule has 0 aliphatic carbocycles. The number of nitro benzene ring substituents is 1. The zero-order chi connectivity index (χ0) is 37.2. The van der Waals surface area contributed by atoms with Gasteiger partial charge in [-0.1, -0.05) is 48.2 Å². The van der Waals surface area contributed by atoms with E-state index in [4.69, 9.17) is 0 Å². The van der Waals surface area contributed by atoms with E-state index in [-0.39, 0.29) is 21.9 Å². The van der Waals surface area contributed by atoms with Crippen LogP contribution in [0.1, 0.15) is 27.0 Å². The largest absolute Gasteiger partial charge is 0.506 e. The molecule has 0 bridgehead atoms. The minimum atomic E-state index is -4.40. The van der Waals surface area contributed by atoms with Crippen molar-refractivity contribution in [2.24, 2.45) is 0 Å². The maximum atomic E-state index is 13.1.